The lowest BCUT2D eigenvalue weighted by molar-refractivity contribution is -0.147. The van der Waals surface area contributed by atoms with E-state index in [0.29, 0.717) is 17.1 Å². The molecule has 9 heteroatoms. The highest BCUT2D eigenvalue weighted by molar-refractivity contribution is 6.30. The van der Waals surface area contributed by atoms with Gasteiger partial charge in [-0.15, -0.1) is 0 Å². The van der Waals surface area contributed by atoms with Crippen LogP contribution in [0.4, 0.5) is 4.79 Å². The molecule has 3 N–H and O–H groups in total. The van der Waals surface area contributed by atoms with Crippen LogP contribution in [0.25, 0.3) is 0 Å². The second-order valence-electron chi connectivity index (χ2n) is 6.51. The van der Waals surface area contributed by atoms with Crippen LogP contribution in [0.2, 0.25) is 5.02 Å². The Morgan fingerprint density at radius 1 is 1.03 bits per heavy atom. The number of nitrogens with one attached hydrogen (secondary N) is 3. The monoisotopic (exact) mass is 421 g/mol. The van der Waals surface area contributed by atoms with Gasteiger partial charge in [0.05, 0.1) is 0 Å². The van der Waals surface area contributed by atoms with Crippen molar-refractivity contribution >= 4 is 35.4 Å². The van der Waals surface area contributed by atoms with Gasteiger partial charge in [0.25, 0.3) is 11.8 Å². The lowest BCUT2D eigenvalue weighted by atomic mass is 9.97. The highest BCUT2D eigenvalue weighted by Crippen LogP contribution is 2.19. The maximum atomic E-state index is 11.9. The second-order valence-corrected chi connectivity index (χ2v) is 6.95. The minimum atomic E-state index is -0.799. The largest absolute Gasteiger partial charge is 0.454 e. The van der Waals surface area contributed by atoms with Crippen molar-refractivity contribution in [1.82, 2.24) is 16.0 Å². The molecule has 0 fully saturated rings. The molecule has 0 unspecified atom stereocenters. The predicted molar refractivity (Wildman–Crippen MR) is 107 cm³/mol. The number of allylic oxidation sites excluding steroid dienone is 1. The topological polar surface area (TPSA) is 114 Å². The van der Waals surface area contributed by atoms with Gasteiger partial charge < -0.3 is 15.4 Å². The molecule has 1 aliphatic carbocycles. The van der Waals surface area contributed by atoms with Crippen molar-refractivity contribution in [2.45, 2.75) is 32.1 Å². The van der Waals surface area contributed by atoms with Gasteiger partial charge in [-0.3, -0.25) is 19.7 Å². The van der Waals surface area contributed by atoms with Crippen LogP contribution in [-0.4, -0.2) is 43.5 Å². The van der Waals surface area contributed by atoms with Crippen LogP contribution in [0, 0.1) is 0 Å². The Morgan fingerprint density at radius 2 is 1.79 bits per heavy atom. The second kappa shape index (κ2) is 11.9. The van der Waals surface area contributed by atoms with Crippen LogP contribution < -0.4 is 16.0 Å². The van der Waals surface area contributed by atoms with Gasteiger partial charge in [-0.25, -0.2) is 4.79 Å². The van der Waals surface area contributed by atoms with Gasteiger partial charge in [-0.1, -0.05) is 23.3 Å². The summed E-state index contributed by atoms with van der Waals surface area (Å²) in [4.78, 5) is 46.8. The summed E-state index contributed by atoms with van der Waals surface area (Å²) in [6, 6.07) is 5.49. The zero-order valence-corrected chi connectivity index (χ0v) is 16.7. The summed E-state index contributed by atoms with van der Waals surface area (Å²) in [5.41, 5.74) is 1.65. The van der Waals surface area contributed by atoms with Crippen molar-refractivity contribution in [3.05, 3.63) is 46.5 Å². The first-order valence-corrected chi connectivity index (χ1v) is 9.77. The molecule has 0 radical (unpaired) electrons. The smallest absolute Gasteiger partial charge is 0.325 e. The normalized spacial score (nSPS) is 13.1. The molecule has 0 heterocycles. The summed E-state index contributed by atoms with van der Waals surface area (Å²) >= 11 is 5.74. The average Bonchev–Trinajstić information content (AvgIpc) is 2.71. The van der Waals surface area contributed by atoms with Crippen molar-refractivity contribution in [1.29, 1.82) is 0 Å². The third-order valence-corrected chi connectivity index (χ3v) is 4.49. The number of hydrogen-bond donors (Lipinski definition) is 3. The van der Waals surface area contributed by atoms with Gasteiger partial charge >= 0.3 is 12.0 Å². The maximum Gasteiger partial charge on any atom is 0.325 e. The molecule has 29 heavy (non-hydrogen) atoms. The molecular formula is C20H24ClN3O5. The zero-order valence-electron chi connectivity index (χ0n) is 16.0. The van der Waals surface area contributed by atoms with Crippen LogP contribution >= 0.6 is 11.6 Å². The van der Waals surface area contributed by atoms with Crippen molar-refractivity contribution in [3.63, 3.8) is 0 Å². The number of carbonyl (C=O) groups is 4. The van der Waals surface area contributed by atoms with E-state index in [9.17, 15) is 19.2 Å². The lowest BCUT2D eigenvalue weighted by Gasteiger charge is -2.13. The van der Waals surface area contributed by atoms with Crippen molar-refractivity contribution < 1.29 is 23.9 Å². The van der Waals surface area contributed by atoms with Crippen LogP contribution in [0.3, 0.4) is 0 Å². The first-order valence-electron chi connectivity index (χ1n) is 9.39. The van der Waals surface area contributed by atoms with Gasteiger partial charge in [-0.05, 0) is 56.4 Å². The molecule has 0 saturated carbocycles. The van der Waals surface area contributed by atoms with E-state index >= 15 is 0 Å². The zero-order chi connectivity index (χ0) is 21.1. The Labute approximate surface area is 174 Å². The van der Waals surface area contributed by atoms with E-state index in [1.807, 2.05) is 0 Å². The molecular weight excluding hydrogens is 398 g/mol. The Kier molecular flexibility index (Phi) is 9.17. The van der Waals surface area contributed by atoms with Gasteiger partial charge in [0.15, 0.2) is 6.61 Å². The number of urea groups is 1. The van der Waals surface area contributed by atoms with Crippen LogP contribution in [-0.2, 0) is 14.3 Å². The molecule has 1 aromatic rings. The predicted octanol–water partition coefficient (Wildman–Crippen LogP) is 2.33. The van der Waals surface area contributed by atoms with Crippen molar-refractivity contribution in [3.8, 4) is 0 Å². The highest BCUT2D eigenvalue weighted by Gasteiger charge is 2.13. The summed E-state index contributed by atoms with van der Waals surface area (Å²) in [5, 5.41) is 7.53. The summed E-state index contributed by atoms with van der Waals surface area (Å²) in [6.07, 6.45) is 7.44. The third-order valence-electron chi connectivity index (χ3n) is 4.23. The molecule has 1 aromatic carbocycles. The van der Waals surface area contributed by atoms with Crippen molar-refractivity contribution in [2.24, 2.45) is 0 Å². The fourth-order valence-electron chi connectivity index (χ4n) is 2.73. The maximum absolute atomic E-state index is 11.9. The third kappa shape index (κ3) is 8.78. The molecule has 4 amide bonds. The summed E-state index contributed by atoms with van der Waals surface area (Å²) < 4.78 is 4.73. The number of hydrogen-bond acceptors (Lipinski definition) is 5. The highest BCUT2D eigenvalue weighted by atomic mass is 35.5. The van der Waals surface area contributed by atoms with E-state index in [1.165, 1.54) is 30.5 Å². The number of benzene rings is 1. The molecule has 0 saturated heterocycles. The number of ether oxygens (including phenoxy) is 1. The van der Waals surface area contributed by atoms with E-state index in [0.717, 1.165) is 19.3 Å². The standard InChI is InChI=1S/C20H24ClN3O5/c21-16-8-6-15(7-9-16)19(27)23-12-18(26)29-13-17(25)24-20(28)22-11-10-14-4-2-1-3-5-14/h4,6-9H,1-3,5,10-13H2,(H,23,27)(H2,22,24,25,28). The summed E-state index contributed by atoms with van der Waals surface area (Å²) in [5.74, 6) is -2.03. The van der Waals surface area contributed by atoms with E-state index in [2.05, 4.69) is 22.0 Å². The Balaban J connectivity index is 1.58. The van der Waals surface area contributed by atoms with E-state index in [4.69, 9.17) is 16.3 Å². The Bertz CT molecular complexity index is 777. The molecule has 2 rings (SSSR count). The number of amides is 4. The number of halogens is 1. The first-order chi connectivity index (χ1) is 13.9. The summed E-state index contributed by atoms with van der Waals surface area (Å²) in [6.45, 7) is -0.592. The first kappa shape index (κ1) is 22.4. The lowest BCUT2D eigenvalue weighted by Crippen LogP contribution is -2.42. The van der Waals surface area contributed by atoms with Crippen molar-refractivity contribution in [2.75, 3.05) is 19.7 Å². The molecule has 1 aliphatic rings. The molecule has 0 spiro atoms. The molecule has 0 aromatic heterocycles. The van der Waals surface area contributed by atoms with Crippen LogP contribution in [0.15, 0.2) is 35.9 Å². The van der Waals surface area contributed by atoms with E-state index < -0.39 is 37.0 Å². The number of carbonyl (C=O) groups excluding carboxylic acids is 4. The van der Waals surface area contributed by atoms with Gasteiger partial charge in [0.2, 0.25) is 0 Å². The van der Waals surface area contributed by atoms with Crippen LogP contribution in [0.1, 0.15) is 42.5 Å². The van der Waals surface area contributed by atoms with Gasteiger partial charge in [-0.2, -0.15) is 0 Å². The van der Waals surface area contributed by atoms with E-state index in [1.54, 1.807) is 12.1 Å². The fourth-order valence-corrected chi connectivity index (χ4v) is 2.85. The average molecular weight is 422 g/mol. The molecule has 0 aliphatic heterocycles. The molecule has 0 bridgehead atoms. The van der Waals surface area contributed by atoms with Gasteiger partial charge in [0.1, 0.15) is 6.54 Å². The SMILES string of the molecule is O=C(COC(=O)CNC(=O)c1ccc(Cl)cc1)NC(=O)NCCC1=CCCCC1. The Hall–Kier alpha value is -2.87. The number of imide groups is 1. The van der Waals surface area contributed by atoms with Gasteiger partial charge in [0, 0.05) is 17.1 Å². The minimum Gasteiger partial charge on any atom is -0.454 e. The summed E-state index contributed by atoms with van der Waals surface area (Å²) in [7, 11) is 0. The number of rotatable bonds is 8. The Morgan fingerprint density at radius 3 is 2.48 bits per heavy atom. The van der Waals surface area contributed by atoms with E-state index in [-0.39, 0.29) is 0 Å². The minimum absolute atomic E-state index is 0.334. The number of esters is 1. The quantitative estimate of drug-likeness (QED) is 0.440. The molecule has 8 nitrogen and oxygen atoms in total. The fraction of sp³-hybridized carbons (Fsp3) is 0.400. The van der Waals surface area contributed by atoms with Crippen LogP contribution in [0.5, 0.6) is 0 Å². The molecule has 156 valence electrons. The molecule has 0 atom stereocenters.